The van der Waals surface area contributed by atoms with E-state index in [9.17, 15) is 0 Å². The second-order valence-corrected chi connectivity index (χ2v) is 5.30. The van der Waals surface area contributed by atoms with E-state index < -0.39 is 0 Å². The molecule has 100 valence electrons. The highest BCUT2D eigenvalue weighted by atomic mass is 14.8. The molecule has 1 atom stereocenters. The van der Waals surface area contributed by atoms with Gasteiger partial charge in [-0.1, -0.05) is 54.1 Å². The Hall–Kier alpha value is -1.60. The SMILES string of the molecule is CNCC(Cc1cccc(C)c1)c1ccccc1C. The van der Waals surface area contributed by atoms with Crippen LogP contribution in [0.2, 0.25) is 0 Å². The third-order valence-electron chi connectivity index (χ3n) is 3.64. The van der Waals surface area contributed by atoms with Crippen molar-refractivity contribution in [2.75, 3.05) is 13.6 Å². The molecule has 0 saturated carbocycles. The number of aryl methyl sites for hydroxylation is 2. The van der Waals surface area contributed by atoms with Gasteiger partial charge in [0.25, 0.3) is 0 Å². The van der Waals surface area contributed by atoms with Crippen molar-refractivity contribution in [3.8, 4) is 0 Å². The summed E-state index contributed by atoms with van der Waals surface area (Å²) in [7, 11) is 2.03. The van der Waals surface area contributed by atoms with E-state index in [-0.39, 0.29) is 0 Å². The maximum atomic E-state index is 3.33. The Balaban J connectivity index is 2.24. The highest BCUT2D eigenvalue weighted by Gasteiger charge is 2.13. The van der Waals surface area contributed by atoms with Gasteiger partial charge in [0.1, 0.15) is 0 Å². The summed E-state index contributed by atoms with van der Waals surface area (Å²) in [5.74, 6) is 0.535. The molecule has 2 aromatic rings. The standard InChI is InChI=1S/C18H23N/c1-14-7-6-9-16(11-14)12-17(13-19-3)18-10-5-4-8-15(18)2/h4-11,17,19H,12-13H2,1-3H3. The van der Waals surface area contributed by atoms with Gasteiger partial charge < -0.3 is 5.32 Å². The van der Waals surface area contributed by atoms with Crippen LogP contribution in [0.25, 0.3) is 0 Å². The van der Waals surface area contributed by atoms with E-state index >= 15 is 0 Å². The van der Waals surface area contributed by atoms with Gasteiger partial charge in [0.15, 0.2) is 0 Å². The highest BCUT2D eigenvalue weighted by molar-refractivity contribution is 5.32. The lowest BCUT2D eigenvalue weighted by Gasteiger charge is -2.19. The fourth-order valence-electron chi connectivity index (χ4n) is 2.71. The summed E-state index contributed by atoms with van der Waals surface area (Å²) in [4.78, 5) is 0. The van der Waals surface area contributed by atoms with Crippen LogP contribution in [-0.2, 0) is 6.42 Å². The number of nitrogens with one attached hydrogen (secondary N) is 1. The Bertz CT molecular complexity index is 531. The van der Waals surface area contributed by atoms with Gasteiger partial charge in [-0.15, -0.1) is 0 Å². The van der Waals surface area contributed by atoms with Crippen LogP contribution in [-0.4, -0.2) is 13.6 Å². The van der Waals surface area contributed by atoms with Crippen molar-refractivity contribution in [2.45, 2.75) is 26.2 Å². The zero-order valence-electron chi connectivity index (χ0n) is 12.1. The van der Waals surface area contributed by atoms with Crippen LogP contribution in [0.1, 0.15) is 28.2 Å². The molecule has 1 heteroatoms. The zero-order valence-corrected chi connectivity index (χ0v) is 12.1. The average Bonchev–Trinajstić information content (AvgIpc) is 2.39. The zero-order chi connectivity index (χ0) is 13.7. The van der Waals surface area contributed by atoms with Crippen molar-refractivity contribution in [3.63, 3.8) is 0 Å². The van der Waals surface area contributed by atoms with E-state index in [1.54, 1.807) is 0 Å². The van der Waals surface area contributed by atoms with Crippen LogP contribution in [0.4, 0.5) is 0 Å². The minimum Gasteiger partial charge on any atom is -0.319 e. The third kappa shape index (κ3) is 3.68. The Morgan fingerprint density at radius 2 is 1.79 bits per heavy atom. The first-order valence-corrected chi connectivity index (χ1v) is 6.96. The molecule has 0 saturated heterocycles. The van der Waals surface area contributed by atoms with Crippen LogP contribution in [0.15, 0.2) is 48.5 Å². The molecule has 0 aromatic heterocycles. The molecule has 2 rings (SSSR count). The van der Waals surface area contributed by atoms with E-state index in [0.29, 0.717) is 5.92 Å². The summed E-state index contributed by atoms with van der Waals surface area (Å²) >= 11 is 0. The molecule has 0 amide bonds. The van der Waals surface area contributed by atoms with Gasteiger partial charge in [-0.25, -0.2) is 0 Å². The lowest BCUT2D eigenvalue weighted by molar-refractivity contribution is 0.622. The molecule has 2 aromatic carbocycles. The maximum Gasteiger partial charge on any atom is 0.00204 e. The van der Waals surface area contributed by atoms with Crippen LogP contribution < -0.4 is 5.32 Å². The van der Waals surface area contributed by atoms with E-state index in [2.05, 4.69) is 67.7 Å². The molecule has 1 N–H and O–H groups in total. The van der Waals surface area contributed by atoms with Gasteiger partial charge in [-0.2, -0.15) is 0 Å². The number of hydrogen-bond acceptors (Lipinski definition) is 1. The minimum atomic E-state index is 0.535. The van der Waals surface area contributed by atoms with Gasteiger partial charge in [0.05, 0.1) is 0 Å². The predicted octanol–water partition coefficient (Wildman–Crippen LogP) is 3.85. The summed E-state index contributed by atoms with van der Waals surface area (Å²) in [5.41, 5.74) is 5.60. The summed E-state index contributed by atoms with van der Waals surface area (Å²) in [6.45, 7) is 5.37. The largest absolute Gasteiger partial charge is 0.319 e. The first kappa shape index (κ1) is 13.8. The van der Waals surface area contributed by atoms with E-state index in [4.69, 9.17) is 0 Å². The van der Waals surface area contributed by atoms with Crippen LogP contribution >= 0.6 is 0 Å². The monoisotopic (exact) mass is 253 g/mol. The number of hydrogen-bond donors (Lipinski definition) is 1. The third-order valence-corrected chi connectivity index (χ3v) is 3.64. The molecule has 0 fully saturated rings. The lowest BCUT2D eigenvalue weighted by Crippen LogP contribution is -2.20. The number of likely N-dealkylation sites (N-methyl/N-ethyl adjacent to an activating group) is 1. The summed E-state index contributed by atoms with van der Waals surface area (Å²) < 4.78 is 0. The van der Waals surface area contributed by atoms with Gasteiger partial charge in [-0.05, 0) is 44.0 Å². The van der Waals surface area contributed by atoms with Crippen LogP contribution in [0.3, 0.4) is 0 Å². The first-order valence-electron chi connectivity index (χ1n) is 6.96. The average molecular weight is 253 g/mol. The highest BCUT2D eigenvalue weighted by Crippen LogP contribution is 2.23. The smallest absolute Gasteiger partial charge is 0.00204 e. The van der Waals surface area contributed by atoms with Crippen LogP contribution in [0.5, 0.6) is 0 Å². The normalized spacial score (nSPS) is 12.4. The molecule has 1 unspecified atom stereocenters. The molecule has 0 spiro atoms. The van der Waals surface area contributed by atoms with Crippen molar-refractivity contribution in [3.05, 3.63) is 70.8 Å². The molecule has 0 heterocycles. The molecular formula is C18H23N. The van der Waals surface area contributed by atoms with E-state index in [1.807, 2.05) is 7.05 Å². The van der Waals surface area contributed by atoms with Crippen molar-refractivity contribution >= 4 is 0 Å². The van der Waals surface area contributed by atoms with Gasteiger partial charge in [0.2, 0.25) is 0 Å². The fourth-order valence-corrected chi connectivity index (χ4v) is 2.71. The van der Waals surface area contributed by atoms with E-state index in [0.717, 1.165) is 13.0 Å². The minimum absolute atomic E-state index is 0.535. The van der Waals surface area contributed by atoms with Crippen molar-refractivity contribution < 1.29 is 0 Å². The Morgan fingerprint density at radius 3 is 2.47 bits per heavy atom. The van der Waals surface area contributed by atoms with Gasteiger partial charge in [-0.3, -0.25) is 0 Å². The molecule has 1 nitrogen and oxygen atoms in total. The fraction of sp³-hybridized carbons (Fsp3) is 0.333. The summed E-state index contributed by atoms with van der Waals surface area (Å²) in [6.07, 6.45) is 1.09. The molecule has 0 aliphatic carbocycles. The van der Waals surface area contributed by atoms with Crippen molar-refractivity contribution in [1.29, 1.82) is 0 Å². The quantitative estimate of drug-likeness (QED) is 0.853. The molecule has 0 aliphatic heterocycles. The molecule has 19 heavy (non-hydrogen) atoms. The molecule has 0 bridgehead atoms. The van der Waals surface area contributed by atoms with Crippen molar-refractivity contribution in [1.82, 2.24) is 5.32 Å². The van der Waals surface area contributed by atoms with Gasteiger partial charge >= 0.3 is 0 Å². The van der Waals surface area contributed by atoms with E-state index in [1.165, 1.54) is 22.3 Å². The maximum absolute atomic E-state index is 3.33. The Morgan fingerprint density at radius 1 is 1.00 bits per heavy atom. The predicted molar refractivity (Wildman–Crippen MR) is 82.7 cm³/mol. The molecule has 0 aliphatic rings. The Labute approximate surface area is 116 Å². The summed E-state index contributed by atoms with van der Waals surface area (Å²) in [5, 5.41) is 3.33. The summed E-state index contributed by atoms with van der Waals surface area (Å²) in [6, 6.07) is 17.5. The second-order valence-electron chi connectivity index (χ2n) is 5.30. The molecular weight excluding hydrogens is 230 g/mol. The van der Waals surface area contributed by atoms with Crippen LogP contribution in [0, 0.1) is 13.8 Å². The number of benzene rings is 2. The number of rotatable bonds is 5. The topological polar surface area (TPSA) is 12.0 Å². The first-order chi connectivity index (χ1) is 9.20. The Kier molecular flexibility index (Phi) is 4.75. The van der Waals surface area contributed by atoms with Gasteiger partial charge in [0, 0.05) is 12.5 Å². The molecule has 0 radical (unpaired) electrons. The lowest BCUT2D eigenvalue weighted by atomic mass is 9.89. The van der Waals surface area contributed by atoms with Crippen molar-refractivity contribution in [2.24, 2.45) is 0 Å². The second kappa shape index (κ2) is 6.53.